The molecule has 5 heteroatoms. The summed E-state index contributed by atoms with van der Waals surface area (Å²) in [6, 6.07) is 5.14. The third-order valence-electron chi connectivity index (χ3n) is 3.57. The molecule has 0 atom stereocenters. The third kappa shape index (κ3) is 4.44. The molecule has 0 bridgehead atoms. The maximum atomic E-state index is 13.6. The maximum absolute atomic E-state index is 13.6. The zero-order chi connectivity index (χ0) is 14.4. The highest BCUT2D eigenvalue weighted by molar-refractivity contribution is 5.29. The average Bonchev–Trinajstić information content (AvgIpc) is 2.46. The topological polar surface area (TPSA) is 24.9 Å². The van der Waals surface area contributed by atoms with Crippen LogP contribution in [-0.4, -0.2) is 63.4 Å². The van der Waals surface area contributed by atoms with Gasteiger partial charge in [0.15, 0.2) is 11.6 Å². The van der Waals surface area contributed by atoms with E-state index in [2.05, 4.69) is 16.8 Å². The highest BCUT2D eigenvalue weighted by Crippen LogP contribution is 2.18. The van der Waals surface area contributed by atoms with Crippen LogP contribution in [-0.2, 0) is 11.3 Å². The lowest BCUT2D eigenvalue weighted by atomic mass is 10.2. The Morgan fingerprint density at radius 2 is 2.10 bits per heavy atom. The van der Waals surface area contributed by atoms with Crippen LogP contribution in [0.1, 0.15) is 5.56 Å². The molecule has 1 aromatic carbocycles. The number of morpholine rings is 1. The molecule has 0 saturated carbocycles. The van der Waals surface area contributed by atoms with Crippen LogP contribution in [0, 0.1) is 5.82 Å². The lowest BCUT2D eigenvalue weighted by molar-refractivity contribution is 0.0342. The van der Waals surface area contributed by atoms with Gasteiger partial charge < -0.3 is 14.4 Å². The van der Waals surface area contributed by atoms with E-state index in [4.69, 9.17) is 9.47 Å². The molecule has 1 aliphatic heterocycles. The second-order valence-corrected chi connectivity index (χ2v) is 5.16. The van der Waals surface area contributed by atoms with E-state index in [-0.39, 0.29) is 5.82 Å². The van der Waals surface area contributed by atoms with Crippen LogP contribution in [0.2, 0.25) is 0 Å². The van der Waals surface area contributed by atoms with E-state index < -0.39 is 0 Å². The molecule has 0 aliphatic carbocycles. The highest BCUT2D eigenvalue weighted by atomic mass is 19.1. The Hall–Kier alpha value is -1.17. The number of likely N-dealkylation sites (N-methyl/N-ethyl adjacent to an activating group) is 1. The Kier molecular flexibility index (Phi) is 5.76. The zero-order valence-corrected chi connectivity index (χ0v) is 12.3. The van der Waals surface area contributed by atoms with Gasteiger partial charge in [-0.1, -0.05) is 6.07 Å². The van der Waals surface area contributed by atoms with Gasteiger partial charge in [-0.05, 0) is 24.7 Å². The van der Waals surface area contributed by atoms with Crippen LogP contribution in [0.15, 0.2) is 18.2 Å². The van der Waals surface area contributed by atoms with Gasteiger partial charge in [0, 0.05) is 32.7 Å². The standard InChI is InChI=1S/C15H23FN2O2/c1-17(5-6-18-7-9-20-10-8-18)12-13-3-4-15(19-2)14(16)11-13/h3-4,11H,5-10,12H2,1-2H3. The molecule has 1 fully saturated rings. The summed E-state index contributed by atoms with van der Waals surface area (Å²) < 4.78 is 23.9. The molecule has 112 valence electrons. The minimum absolute atomic E-state index is 0.296. The zero-order valence-electron chi connectivity index (χ0n) is 12.3. The van der Waals surface area contributed by atoms with Gasteiger partial charge in [0.25, 0.3) is 0 Å². The van der Waals surface area contributed by atoms with E-state index >= 15 is 0 Å². The second-order valence-electron chi connectivity index (χ2n) is 5.16. The van der Waals surface area contributed by atoms with Crippen molar-refractivity contribution in [3.63, 3.8) is 0 Å². The number of nitrogens with zero attached hydrogens (tertiary/aromatic N) is 2. The van der Waals surface area contributed by atoms with Crippen LogP contribution in [0.3, 0.4) is 0 Å². The van der Waals surface area contributed by atoms with Crippen molar-refractivity contribution < 1.29 is 13.9 Å². The number of rotatable bonds is 6. The lowest BCUT2D eigenvalue weighted by Gasteiger charge is -2.28. The van der Waals surface area contributed by atoms with Gasteiger partial charge in [0.05, 0.1) is 20.3 Å². The van der Waals surface area contributed by atoms with E-state index in [1.807, 2.05) is 6.07 Å². The van der Waals surface area contributed by atoms with Gasteiger partial charge in [0.2, 0.25) is 0 Å². The summed E-state index contributed by atoms with van der Waals surface area (Å²) in [6.07, 6.45) is 0. The lowest BCUT2D eigenvalue weighted by Crippen LogP contribution is -2.40. The number of hydrogen-bond acceptors (Lipinski definition) is 4. The van der Waals surface area contributed by atoms with E-state index in [1.54, 1.807) is 12.1 Å². The SMILES string of the molecule is COc1ccc(CN(C)CCN2CCOCC2)cc1F. The Morgan fingerprint density at radius 1 is 1.35 bits per heavy atom. The molecular formula is C15H23FN2O2. The smallest absolute Gasteiger partial charge is 0.165 e. The van der Waals surface area contributed by atoms with Gasteiger partial charge in [0.1, 0.15) is 0 Å². The number of methoxy groups -OCH3 is 1. The third-order valence-corrected chi connectivity index (χ3v) is 3.57. The van der Waals surface area contributed by atoms with E-state index in [0.717, 1.165) is 51.5 Å². The van der Waals surface area contributed by atoms with Gasteiger partial charge >= 0.3 is 0 Å². The average molecular weight is 282 g/mol. The molecule has 1 aromatic rings. The predicted molar refractivity (Wildman–Crippen MR) is 76.5 cm³/mol. The monoisotopic (exact) mass is 282 g/mol. The summed E-state index contributed by atoms with van der Waals surface area (Å²) in [5.41, 5.74) is 0.966. The minimum Gasteiger partial charge on any atom is -0.494 e. The van der Waals surface area contributed by atoms with Crippen molar-refractivity contribution in [2.45, 2.75) is 6.54 Å². The first-order valence-electron chi connectivity index (χ1n) is 7.00. The van der Waals surface area contributed by atoms with Gasteiger partial charge in [-0.2, -0.15) is 0 Å². The Bertz CT molecular complexity index is 422. The van der Waals surface area contributed by atoms with Gasteiger partial charge in [-0.15, -0.1) is 0 Å². The van der Waals surface area contributed by atoms with Gasteiger partial charge in [-0.25, -0.2) is 4.39 Å². The first-order valence-corrected chi connectivity index (χ1v) is 7.00. The molecule has 1 aliphatic rings. The Labute approximate surface area is 120 Å². The normalized spacial score (nSPS) is 16.6. The molecule has 2 rings (SSSR count). The van der Waals surface area contributed by atoms with E-state index in [1.165, 1.54) is 7.11 Å². The summed E-state index contributed by atoms with van der Waals surface area (Å²) in [7, 11) is 3.54. The molecule has 0 amide bonds. The van der Waals surface area contributed by atoms with Crippen molar-refractivity contribution >= 4 is 0 Å². The molecule has 4 nitrogen and oxygen atoms in total. The number of hydrogen-bond donors (Lipinski definition) is 0. The molecule has 0 aromatic heterocycles. The van der Waals surface area contributed by atoms with Crippen molar-refractivity contribution in [2.24, 2.45) is 0 Å². The molecule has 1 heterocycles. The number of benzene rings is 1. The molecule has 0 radical (unpaired) electrons. The van der Waals surface area contributed by atoms with Crippen molar-refractivity contribution in [3.05, 3.63) is 29.6 Å². The summed E-state index contributed by atoms with van der Waals surface area (Å²) >= 11 is 0. The van der Waals surface area contributed by atoms with Crippen molar-refractivity contribution in [3.8, 4) is 5.75 Å². The quantitative estimate of drug-likeness (QED) is 0.791. The van der Waals surface area contributed by atoms with E-state index in [9.17, 15) is 4.39 Å². The molecule has 20 heavy (non-hydrogen) atoms. The largest absolute Gasteiger partial charge is 0.494 e. The number of halogens is 1. The Balaban J connectivity index is 1.78. The first-order chi connectivity index (χ1) is 9.69. The summed E-state index contributed by atoms with van der Waals surface area (Å²) in [5, 5.41) is 0. The fourth-order valence-corrected chi connectivity index (χ4v) is 2.34. The van der Waals surface area contributed by atoms with Gasteiger partial charge in [-0.3, -0.25) is 4.90 Å². The molecule has 1 saturated heterocycles. The van der Waals surface area contributed by atoms with Crippen molar-refractivity contribution in [2.75, 3.05) is 53.6 Å². The van der Waals surface area contributed by atoms with Crippen LogP contribution in [0.5, 0.6) is 5.75 Å². The van der Waals surface area contributed by atoms with Crippen molar-refractivity contribution in [1.29, 1.82) is 0 Å². The maximum Gasteiger partial charge on any atom is 0.165 e. The first kappa shape index (κ1) is 15.2. The highest BCUT2D eigenvalue weighted by Gasteiger charge is 2.11. The second kappa shape index (κ2) is 7.57. The Morgan fingerprint density at radius 3 is 2.75 bits per heavy atom. The fourth-order valence-electron chi connectivity index (χ4n) is 2.34. The number of ether oxygens (including phenoxy) is 2. The summed E-state index contributed by atoms with van der Waals surface area (Å²) in [5.74, 6) is -0.00343. The molecular weight excluding hydrogens is 259 g/mol. The van der Waals surface area contributed by atoms with Crippen LogP contribution >= 0.6 is 0 Å². The molecule has 0 unspecified atom stereocenters. The van der Waals surface area contributed by atoms with E-state index in [0.29, 0.717) is 5.75 Å². The van der Waals surface area contributed by atoms with Crippen LogP contribution in [0.4, 0.5) is 4.39 Å². The molecule has 0 N–H and O–H groups in total. The van der Waals surface area contributed by atoms with Crippen LogP contribution in [0.25, 0.3) is 0 Å². The van der Waals surface area contributed by atoms with Crippen molar-refractivity contribution in [1.82, 2.24) is 9.80 Å². The van der Waals surface area contributed by atoms with Crippen LogP contribution < -0.4 is 4.74 Å². The minimum atomic E-state index is -0.299. The molecule has 0 spiro atoms. The predicted octanol–water partition coefficient (Wildman–Crippen LogP) is 1.60. The fraction of sp³-hybridized carbons (Fsp3) is 0.600. The summed E-state index contributed by atoms with van der Waals surface area (Å²) in [4.78, 5) is 4.60. The summed E-state index contributed by atoms with van der Waals surface area (Å²) in [6.45, 7) is 6.40.